The molecule has 4 rings (SSSR count). The van der Waals surface area contributed by atoms with Crippen LogP contribution in [-0.2, 0) is 0 Å². The predicted octanol–water partition coefficient (Wildman–Crippen LogP) is 7.20. The molecule has 1 heteroatoms. The van der Waals surface area contributed by atoms with Crippen LogP contribution in [0.3, 0.4) is 0 Å². The van der Waals surface area contributed by atoms with E-state index in [4.69, 9.17) is 4.74 Å². The third-order valence-corrected chi connectivity index (χ3v) is 7.24. The van der Waals surface area contributed by atoms with Gasteiger partial charge >= 0.3 is 0 Å². The van der Waals surface area contributed by atoms with E-state index in [0.29, 0.717) is 0 Å². The summed E-state index contributed by atoms with van der Waals surface area (Å²) in [7, 11) is 1.69. The summed E-state index contributed by atoms with van der Waals surface area (Å²) in [4.78, 5) is 0. The van der Waals surface area contributed by atoms with Crippen molar-refractivity contribution in [1.82, 2.24) is 0 Å². The molecule has 2 aromatic carbocycles. The fourth-order valence-corrected chi connectivity index (χ4v) is 5.62. The normalized spacial score (nSPS) is 26.1. The highest BCUT2D eigenvalue weighted by Crippen LogP contribution is 2.48. The van der Waals surface area contributed by atoms with E-state index < -0.39 is 0 Å². The van der Waals surface area contributed by atoms with E-state index in [1.807, 2.05) is 24.3 Å². The molecule has 2 aliphatic rings. The summed E-state index contributed by atoms with van der Waals surface area (Å²) in [5, 5.41) is 0. The molecule has 2 aliphatic carbocycles. The fourth-order valence-electron chi connectivity index (χ4n) is 5.62. The Morgan fingerprint density at radius 3 is 2.07 bits per heavy atom. The molecule has 1 nitrogen and oxygen atoms in total. The molecule has 29 heavy (non-hydrogen) atoms. The Balaban J connectivity index is 1.36. The Labute approximate surface area is 176 Å². The number of hydrogen-bond donors (Lipinski definition) is 0. The Morgan fingerprint density at radius 2 is 1.41 bits per heavy atom. The molecule has 0 heterocycles. The van der Waals surface area contributed by atoms with E-state index in [2.05, 4.69) is 43.0 Å². The topological polar surface area (TPSA) is 9.23 Å². The zero-order chi connectivity index (χ0) is 20.1. The van der Waals surface area contributed by atoms with Crippen molar-refractivity contribution in [3.63, 3.8) is 0 Å². The quantitative estimate of drug-likeness (QED) is 0.505. The first-order valence-corrected chi connectivity index (χ1v) is 11.5. The average molecular weight is 387 g/mol. The highest BCUT2D eigenvalue weighted by atomic mass is 16.5. The number of hydrogen-bond acceptors (Lipinski definition) is 1. The molecule has 2 aromatic rings. The van der Waals surface area contributed by atoms with Gasteiger partial charge in [0, 0.05) is 11.1 Å². The van der Waals surface area contributed by atoms with Gasteiger partial charge in [0.05, 0.1) is 7.11 Å². The summed E-state index contributed by atoms with van der Waals surface area (Å²) in [5.74, 6) is 11.2. The molecule has 0 aromatic heterocycles. The van der Waals surface area contributed by atoms with Crippen LogP contribution in [0.2, 0.25) is 0 Å². The van der Waals surface area contributed by atoms with E-state index in [1.54, 1.807) is 7.11 Å². The summed E-state index contributed by atoms with van der Waals surface area (Å²) in [6, 6.07) is 17.0. The minimum Gasteiger partial charge on any atom is -0.497 e. The van der Waals surface area contributed by atoms with Gasteiger partial charge in [-0.05, 0) is 97.7 Å². The summed E-state index contributed by atoms with van der Waals surface area (Å²) >= 11 is 0. The van der Waals surface area contributed by atoms with Crippen LogP contribution in [0.25, 0.3) is 0 Å². The van der Waals surface area contributed by atoms with Gasteiger partial charge in [0.15, 0.2) is 0 Å². The molecule has 0 radical (unpaired) electrons. The first kappa shape index (κ1) is 20.1. The third-order valence-electron chi connectivity index (χ3n) is 7.24. The number of fused-ring (bicyclic) bond motifs is 1. The number of rotatable bonds is 4. The molecule has 0 aliphatic heterocycles. The molecule has 0 saturated heterocycles. The Kier molecular flexibility index (Phi) is 6.60. The van der Waals surface area contributed by atoms with Gasteiger partial charge in [0.1, 0.15) is 5.75 Å². The predicted molar refractivity (Wildman–Crippen MR) is 121 cm³/mol. The Hall–Kier alpha value is -2.20. The van der Waals surface area contributed by atoms with E-state index in [1.165, 1.54) is 56.9 Å². The molecule has 1 unspecified atom stereocenters. The molecular formula is C28H34O. The standard InChI is InChI=1S/C28H34O/c1-3-4-23-9-14-27-20-26(16-15-25(27)19-23)24-12-7-21(8-13-24)5-6-22-10-17-28(29-2)18-11-22/h7-8,10-13,17-18,23,25-27H,3-4,9,14-16,19-20H2,1-2H3/t23?,25-,26-,27-/m1/s1. The molecule has 0 spiro atoms. The largest absolute Gasteiger partial charge is 0.497 e. The van der Waals surface area contributed by atoms with Crippen LogP contribution in [0.15, 0.2) is 48.5 Å². The van der Waals surface area contributed by atoms with Crippen LogP contribution in [0.4, 0.5) is 0 Å². The van der Waals surface area contributed by atoms with Crippen molar-refractivity contribution in [2.45, 2.75) is 64.2 Å². The van der Waals surface area contributed by atoms with Gasteiger partial charge in [-0.25, -0.2) is 0 Å². The van der Waals surface area contributed by atoms with Gasteiger partial charge in [-0.1, -0.05) is 50.2 Å². The lowest BCUT2D eigenvalue weighted by molar-refractivity contribution is 0.114. The van der Waals surface area contributed by atoms with Crippen molar-refractivity contribution in [3.05, 3.63) is 65.2 Å². The van der Waals surface area contributed by atoms with Crippen molar-refractivity contribution >= 4 is 0 Å². The van der Waals surface area contributed by atoms with E-state index in [-0.39, 0.29) is 0 Å². The maximum Gasteiger partial charge on any atom is 0.118 e. The minimum absolute atomic E-state index is 0.752. The Bertz CT molecular complexity index is 837. The van der Waals surface area contributed by atoms with Gasteiger partial charge in [-0.15, -0.1) is 0 Å². The van der Waals surface area contributed by atoms with Crippen LogP contribution in [-0.4, -0.2) is 7.11 Å². The van der Waals surface area contributed by atoms with Crippen molar-refractivity contribution in [1.29, 1.82) is 0 Å². The monoisotopic (exact) mass is 386 g/mol. The zero-order valence-corrected chi connectivity index (χ0v) is 18.0. The summed E-state index contributed by atoms with van der Waals surface area (Å²) < 4.78 is 5.20. The van der Waals surface area contributed by atoms with Crippen LogP contribution in [0, 0.1) is 29.6 Å². The molecular weight excluding hydrogens is 352 g/mol. The second kappa shape index (κ2) is 9.53. The van der Waals surface area contributed by atoms with E-state index >= 15 is 0 Å². The van der Waals surface area contributed by atoms with Crippen molar-refractivity contribution in [3.8, 4) is 17.6 Å². The van der Waals surface area contributed by atoms with Gasteiger partial charge in [0.25, 0.3) is 0 Å². The number of methoxy groups -OCH3 is 1. The van der Waals surface area contributed by atoms with Gasteiger partial charge in [-0.2, -0.15) is 0 Å². The molecule has 2 saturated carbocycles. The summed E-state index contributed by atoms with van der Waals surface area (Å²) in [5.41, 5.74) is 3.64. The van der Waals surface area contributed by atoms with Crippen molar-refractivity contribution in [2.24, 2.45) is 17.8 Å². The average Bonchev–Trinajstić information content (AvgIpc) is 2.78. The maximum atomic E-state index is 5.20. The van der Waals surface area contributed by atoms with Crippen LogP contribution in [0.5, 0.6) is 5.75 Å². The summed E-state index contributed by atoms with van der Waals surface area (Å²) in [6.45, 7) is 2.34. The molecule has 2 fully saturated rings. The molecule has 4 atom stereocenters. The number of benzene rings is 2. The second-order valence-corrected chi connectivity index (χ2v) is 9.10. The molecule has 152 valence electrons. The highest BCUT2D eigenvalue weighted by molar-refractivity contribution is 5.45. The lowest BCUT2D eigenvalue weighted by Gasteiger charge is -2.42. The van der Waals surface area contributed by atoms with Gasteiger partial charge < -0.3 is 4.74 Å². The summed E-state index contributed by atoms with van der Waals surface area (Å²) in [6.07, 6.45) is 11.5. The minimum atomic E-state index is 0.752. The van der Waals surface area contributed by atoms with Gasteiger partial charge in [-0.3, -0.25) is 0 Å². The lowest BCUT2D eigenvalue weighted by Crippen LogP contribution is -2.30. The fraction of sp³-hybridized carbons (Fsp3) is 0.500. The van der Waals surface area contributed by atoms with Crippen molar-refractivity contribution < 1.29 is 4.74 Å². The molecule has 0 N–H and O–H groups in total. The first-order valence-electron chi connectivity index (χ1n) is 11.5. The van der Waals surface area contributed by atoms with Crippen molar-refractivity contribution in [2.75, 3.05) is 7.11 Å². The van der Waals surface area contributed by atoms with Crippen LogP contribution < -0.4 is 4.74 Å². The second-order valence-electron chi connectivity index (χ2n) is 9.10. The third kappa shape index (κ3) is 5.05. The maximum absolute atomic E-state index is 5.20. The SMILES string of the molecule is CCCC1CC[C@@H]2C[C@H](c3ccc(C#Cc4ccc(OC)cc4)cc3)CC[C@@H]2C1. The zero-order valence-electron chi connectivity index (χ0n) is 18.0. The lowest BCUT2D eigenvalue weighted by atomic mass is 9.63. The smallest absolute Gasteiger partial charge is 0.118 e. The highest BCUT2D eigenvalue weighted by Gasteiger charge is 2.35. The van der Waals surface area contributed by atoms with E-state index in [0.717, 1.165) is 40.5 Å². The Morgan fingerprint density at radius 1 is 0.793 bits per heavy atom. The number of ether oxygens (including phenoxy) is 1. The van der Waals surface area contributed by atoms with Crippen LogP contribution in [0.1, 0.15) is 80.9 Å². The molecule has 0 amide bonds. The first-order chi connectivity index (χ1) is 14.2. The molecule has 0 bridgehead atoms. The van der Waals surface area contributed by atoms with Crippen LogP contribution >= 0.6 is 0 Å². The van der Waals surface area contributed by atoms with E-state index in [9.17, 15) is 0 Å². The van der Waals surface area contributed by atoms with Gasteiger partial charge in [0.2, 0.25) is 0 Å².